The third-order valence-corrected chi connectivity index (χ3v) is 6.58. The van der Waals surface area contributed by atoms with Crippen molar-refractivity contribution in [1.29, 1.82) is 0 Å². The third kappa shape index (κ3) is 6.21. The number of hydrogen-bond donors (Lipinski definition) is 2. The molecule has 2 N–H and O–H groups in total. The topological polar surface area (TPSA) is 67.4 Å². The third-order valence-electron chi connectivity index (χ3n) is 5.72. The summed E-state index contributed by atoms with van der Waals surface area (Å²) in [5, 5.41) is 8.78. The Balaban J connectivity index is 1.49. The number of ether oxygens (including phenoxy) is 1. The lowest BCUT2D eigenvalue weighted by atomic mass is 10.0. The highest BCUT2D eigenvalue weighted by Gasteiger charge is 2.24. The molecule has 5 nitrogen and oxygen atoms in total. The van der Waals surface area contributed by atoms with Crippen molar-refractivity contribution in [3.8, 4) is 0 Å². The zero-order chi connectivity index (χ0) is 24.8. The molecule has 0 saturated carbocycles. The molecule has 0 bridgehead atoms. The van der Waals surface area contributed by atoms with Gasteiger partial charge in [0, 0.05) is 23.1 Å². The Labute approximate surface area is 217 Å². The normalized spacial score (nSPS) is 11.6. The first-order chi connectivity index (χ1) is 16.9. The van der Waals surface area contributed by atoms with Gasteiger partial charge in [-0.15, -0.1) is 0 Å². The molecular formula is C28H24BrClN2O3. The van der Waals surface area contributed by atoms with Gasteiger partial charge in [0.05, 0.1) is 17.7 Å². The number of nitrogens with one attached hydrogen (secondary N) is 2. The fraction of sp³-hybridized carbons (Fsp3) is 0.143. The molecule has 0 aliphatic carbocycles. The van der Waals surface area contributed by atoms with E-state index >= 15 is 0 Å². The summed E-state index contributed by atoms with van der Waals surface area (Å²) in [5.41, 5.74) is 3.05. The van der Waals surface area contributed by atoms with Crippen molar-refractivity contribution < 1.29 is 14.3 Å². The molecule has 0 unspecified atom stereocenters. The number of rotatable bonds is 8. The van der Waals surface area contributed by atoms with Crippen molar-refractivity contribution in [1.82, 2.24) is 5.32 Å². The monoisotopic (exact) mass is 550 g/mol. The van der Waals surface area contributed by atoms with Crippen LogP contribution in [-0.4, -0.2) is 25.0 Å². The minimum absolute atomic E-state index is 0.277. The number of carbonyl (C=O) groups is 2. The SMILES string of the molecule is COC(=O)[C@H](Cc1ccc(Br)cc1)NC(=O)c1cc(NCc2cccc3ccccc23)ccc1Cl. The standard InChI is InChI=1S/C28H24BrClN2O3/c1-35-28(34)26(15-18-9-11-21(29)12-10-18)32-27(33)24-16-22(13-14-25(24)30)31-17-20-7-4-6-19-5-2-3-8-23(19)20/h2-14,16,26,31H,15,17H2,1H3,(H,32,33)/t26-/m0/s1. The van der Waals surface area contributed by atoms with Gasteiger partial charge in [0.15, 0.2) is 0 Å². The van der Waals surface area contributed by atoms with Crippen LogP contribution in [-0.2, 0) is 22.5 Å². The summed E-state index contributed by atoms with van der Waals surface area (Å²) in [4.78, 5) is 25.5. The van der Waals surface area contributed by atoms with Crippen LogP contribution in [0.15, 0.2) is 89.4 Å². The highest BCUT2D eigenvalue weighted by Crippen LogP contribution is 2.24. The van der Waals surface area contributed by atoms with Crippen molar-refractivity contribution in [3.05, 3.63) is 111 Å². The van der Waals surface area contributed by atoms with Gasteiger partial charge in [-0.25, -0.2) is 4.79 Å². The quantitative estimate of drug-likeness (QED) is 0.249. The van der Waals surface area contributed by atoms with Gasteiger partial charge in [-0.1, -0.05) is 82.1 Å². The van der Waals surface area contributed by atoms with E-state index in [-0.39, 0.29) is 5.56 Å². The van der Waals surface area contributed by atoms with Crippen molar-refractivity contribution in [2.45, 2.75) is 19.0 Å². The zero-order valence-electron chi connectivity index (χ0n) is 19.1. The van der Waals surface area contributed by atoms with Crippen molar-refractivity contribution in [2.75, 3.05) is 12.4 Å². The molecule has 0 heterocycles. The highest BCUT2D eigenvalue weighted by molar-refractivity contribution is 9.10. The Morgan fingerprint density at radius 2 is 1.71 bits per heavy atom. The summed E-state index contributed by atoms with van der Waals surface area (Å²) in [7, 11) is 1.30. The minimum Gasteiger partial charge on any atom is -0.467 e. The van der Waals surface area contributed by atoms with Gasteiger partial charge in [-0.2, -0.15) is 0 Å². The molecule has 0 aliphatic rings. The van der Waals surface area contributed by atoms with Gasteiger partial charge in [0.25, 0.3) is 5.91 Å². The van der Waals surface area contributed by atoms with Crippen molar-refractivity contribution in [3.63, 3.8) is 0 Å². The average Bonchev–Trinajstić information content (AvgIpc) is 2.88. The van der Waals surface area contributed by atoms with Gasteiger partial charge in [-0.05, 0) is 52.2 Å². The number of anilines is 1. The molecule has 4 rings (SSSR count). The van der Waals surface area contributed by atoms with Crippen LogP contribution in [0.3, 0.4) is 0 Å². The van der Waals surface area contributed by atoms with Crippen LogP contribution in [0.2, 0.25) is 5.02 Å². The highest BCUT2D eigenvalue weighted by atomic mass is 79.9. The molecule has 0 aliphatic heterocycles. The maximum Gasteiger partial charge on any atom is 0.328 e. The summed E-state index contributed by atoms with van der Waals surface area (Å²) in [6.45, 7) is 0.582. The Morgan fingerprint density at radius 3 is 2.49 bits per heavy atom. The van der Waals surface area contributed by atoms with E-state index in [0.29, 0.717) is 18.0 Å². The smallest absolute Gasteiger partial charge is 0.328 e. The maximum atomic E-state index is 13.1. The van der Waals surface area contributed by atoms with E-state index in [1.807, 2.05) is 48.5 Å². The molecule has 0 saturated heterocycles. The van der Waals surface area contributed by atoms with E-state index < -0.39 is 17.9 Å². The summed E-state index contributed by atoms with van der Waals surface area (Å²) in [6.07, 6.45) is 0.294. The Hall–Kier alpha value is -3.35. The van der Waals surface area contributed by atoms with E-state index in [4.69, 9.17) is 16.3 Å². The van der Waals surface area contributed by atoms with Crippen LogP contribution < -0.4 is 10.6 Å². The number of halogens is 2. The second-order valence-corrected chi connectivity index (χ2v) is 9.39. The molecule has 4 aromatic rings. The number of methoxy groups -OCH3 is 1. The van der Waals surface area contributed by atoms with E-state index in [0.717, 1.165) is 21.3 Å². The molecule has 1 atom stereocenters. The summed E-state index contributed by atoms with van der Waals surface area (Å²) < 4.78 is 5.84. The number of esters is 1. The number of amides is 1. The molecule has 0 radical (unpaired) electrons. The summed E-state index contributed by atoms with van der Waals surface area (Å²) in [5.74, 6) is -0.973. The van der Waals surface area contributed by atoms with Gasteiger partial charge >= 0.3 is 5.97 Å². The predicted molar refractivity (Wildman–Crippen MR) is 144 cm³/mol. The second-order valence-electron chi connectivity index (χ2n) is 8.07. The fourth-order valence-corrected chi connectivity index (χ4v) is 4.35. The Morgan fingerprint density at radius 1 is 0.971 bits per heavy atom. The Bertz CT molecular complexity index is 1350. The number of fused-ring (bicyclic) bond motifs is 1. The molecule has 0 fully saturated rings. The first kappa shape index (κ1) is 24.8. The number of hydrogen-bond acceptors (Lipinski definition) is 4. The molecule has 4 aromatic carbocycles. The van der Waals surface area contributed by atoms with E-state index in [9.17, 15) is 9.59 Å². The maximum absolute atomic E-state index is 13.1. The molecular weight excluding hydrogens is 528 g/mol. The zero-order valence-corrected chi connectivity index (χ0v) is 21.4. The number of benzene rings is 4. The average molecular weight is 552 g/mol. The van der Waals surface area contributed by atoms with Gasteiger partial charge in [-0.3, -0.25) is 4.79 Å². The second kappa shape index (κ2) is 11.4. The van der Waals surface area contributed by atoms with E-state index in [1.54, 1.807) is 12.1 Å². The predicted octanol–water partition coefficient (Wildman–Crippen LogP) is 6.38. The fourth-order valence-electron chi connectivity index (χ4n) is 3.88. The van der Waals surface area contributed by atoms with Crippen LogP contribution in [0.1, 0.15) is 21.5 Å². The first-order valence-electron chi connectivity index (χ1n) is 11.1. The Kier molecular flexibility index (Phi) is 8.06. The van der Waals surface area contributed by atoms with Crippen molar-refractivity contribution >= 4 is 55.9 Å². The lowest BCUT2D eigenvalue weighted by Gasteiger charge is -2.18. The summed E-state index contributed by atoms with van der Waals surface area (Å²) >= 11 is 9.75. The van der Waals surface area contributed by atoms with E-state index in [2.05, 4.69) is 50.8 Å². The molecule has 35 heavy (non-hydrogen) atoms. The molecule has 0 spiro atoms. The van der Waals surface area contributed by atoms with Crippen LogP contribution >= 0.6 is 27.5 Å². The lowest BCUT2D eigenvalue weighted by Crippen LogP contribution is -2.43. The largest absolute Gasteiger partial charge is 0.467 e. The van der Waals surface area contributed by atoms with Gasteiger partial charge in [0.1, 0.15) is 6.04 Å². The van der Waals surface area contributed by atoms with Crippen LogP contribution in [0, 0.1) is 0 Å². The van der Waals surface area contributed by atoms with Crippen LogP contribution in [0.5, 0.6) is 0 Å². The molecule has 7 heteroatoms. The van der Waals surface area contributed by atoms with Gasteiger partial charge < -0.3 is 15.4 Å². The van der Waals surface area contributed by atoms with Crippen LogP contribution in [0.4, 0.5) is 5.69 Å². The lowest BCUT2D eigenvalue weighted by molar-refractivity contribution is -0.142. The first-order valence-corrected chi connectivity index (χ1v) is 12.2. The van der Waals surface area contributed by atoms with Gasteiger partial charge in [0.2, 0.25) is 0 Å². The van der Waals surface area contributed by atoms with Crippen molar-refractivity contribution in [2.24, 2.45) is 0 Å². The molecule has 178 valence electrons. The molecule has 1 amide bonds. The number of carbonyl (C=O) groups excluding carboxylic acids is 2. The van der Waals surface area contributed by atoms with E-state index in [1.165, 1.54) is 17.9 Å². The van der Waals surface area contributed by atoms with Crippen LogP contribution in [0.25, 0.3) is 10.8 Å². The minimum atomic E-state index is -0.850. The molecule has 0 aromatic heterocycles. The summed E-state index contributed by atoms with van der Waals surface area (Å²) in [6, 6.07) is 26.2.